The van der Waals surface area contributed by atoms with Gasteiger partial charge in [0.15, 0.2) is 5.76 Å². The first-order chi connectivity index (χ1) is 20.8. The third kappa shape index (κ3) is 4.33. The molecule has 7 rings (SSSR count). The molecular weight excluding hydrogens is 572 g/mol. The number of halogens is 1. The summed E-state index contributed by atoms with van der Waals surface area (Å²) in [6.45, 7) is 0.314. The molecule has 0 spiro atoms. The Morgan fingerprint density at radius 1 is 1.14 bits per heavy atom. The molecule has 3 aromatic heterocycles. The number of H-pyrrole nitrogens is 1. The van der Waals surface area contributed by atoms with Crippen molar-refractivity contribution < 1.29 is 28.6 Å². The van der Waals surface area contributed by atoms with Crippen LogP contribution in [0.4, 0.5) is 5.69 Å². The van der Waals surface area contributed by atoms with Crippen LogP contribution in [0, 0.1) is 5.92 Å². The van der Waals surface area contributed by atoms with Crippen LogP contribution >= 0.6 is 11.6 Å². The lowest BCUT2D eigenvalue weighted by Gasteiger charge is -2.28. The minimum atomic E-state index is -1.02. The molecule has 1 saturated heterocycles. The summed E-state index contributed by atoms with van der Waals surface area (Å²) >= 11 is 6.41. The lowest BCUT2D eigenvalue weighted by Crippen LogP contribution is -2.29. The van der Waals surface area contributed by atoms with Crippen molar-refractivity contribution in [3.63, 3.8) is 0 Å². The highest BCUT2D eigenvalue weighted by Crippen LogP contribution is 2.50. The molecule has 218 valence electrons. The number of aryl methyl sites for hydroxylation is 1. The SMILES string of the molecule is COC(=O)c1cn(C)c2c1C1C(=CC2O)N(C(=O)c2cc3cc(NC(=O)c4cc5ccccc5o4)ccc3[nH]2)CC1CCl. The molecule has 3 atom stereocenters. The molecular formula is C32H27ClN4O6. The largest absolute Gasteiger partial charge is 0.465 e. The number of aromatic amines is 1. The van der Waals surface area contributed by atoms with Crippen LogP contribution in [0.2, 0.25) is 0 Å². The summed E-state index contributed by atoms with van der Waals surface area (Å²) in [4.78, 5) is 44.2. The zero-order valence-electron chi connectivity index (χ0n) is 23.3. The van der Waals surface area contributed by atoms with Crippen molar-refractivity contribution in [1.82, 2.24) is 14.5 Å². The number of alkyl halides is 1. The number of nitrogens with one attached hydrogen (secondary N) is 2. The topological polar surface area (TPSA) is 130 Å². The van der Waals surface area contributed by atoms with Gasteiger partial charge in [-0.1, -0.05) is 18.2 Å². The van der Waals surface area contributed by atoms with E-state index in [1.807, 2.05) is 18.2 Å². The van der Waals surface area contributed by atoms with E-state index in [1.165, 1.54) is 7.11 Å². The number of amides is 2. The second-order valence-electron chi connectivity index (χ2n) is 10.9. The van der Waals surface area contributed by atoms with Gasteiger partial charge in [-0.05, 0) is 48.0 Å². The average molecular weight is 599 g/mol. The van der Waals surface area contributed by atoms with Crippen LogP contribution in [-0.2, 0) is 11.8 Å². The fourth-order valence-corrected chi connectivity index (χ4v) is 6.67. The number of rotatable bonds is 5. The molecule has 5 aromatic rings. The maximum atomic E-state index is 13.9. The highest BCUT2D eigenvalue weighted by atomic mass is 35.5. The van der Waals surface area contributed by atoms with Crippen molar-refractivity contribution in [2.75, 3.05) is 24.9 Å². The second-order valence-corrected chi connectivity index (χ2v) is 11.2. The number of carbonyl (C=O) groups excluding carboxylic acids is 3. The number of aliphatic hydroxyl groups is 1. The van der Waals surface area contributed by atoms with Gasteiger partial charge in [-0.25, -0.2) is 4.79 Å². The number of esters is 1. The van der Waals surface area contributed by atoms with Gasteiger partial charge < -0.3 is 34.0 Å². The first-order valence-electron chi connectivity index (χ1n) is 13.7. The number of furan rings is 1. The summed E-state index contributed by atoms with van der Waals surface area (Å²) in [5, 5.41) is 15.5. The van der Waals surface area contributed by atoms with Crippen LogP contribution in [0.3, 0.4) is 0 Å². The number of hydrogen-bond acceptors (Lipinski definition) is 6. The summed E-state index contributed by atoms with van der Waals surface area (Å²) in [5.74, 6) is -1.28. The number of benzene rings is 2. The first-order valence-corrected chi connectivity index (χ1v) is 14.3. The molecule has 2 aromatic carbocycles. The van der Waals surface area contributed by atoms with E-state index in [0.29, 0.717) is 51.5 Å². The number of likely N-dealkylation sites (tertiary alicyclic amines) is 1. The predicted octanol–water partition coefficient (Wildman–Crippen LogP) is 5.32. The van der Waals surface area contributed by atoms with E-state index in [2.05, 4.69) is 10.3 Å². The maximum Gasteiger partial charge on any atom is 0.339 e. The highest BCUT2D eigenvalue weighted by molar-refractivity contribution is 6.18. The summed E-state index contributed by atoms with van der Waals surface area (Å²) in [6, 6.07) is 16.1. The Hall–Kier alpha value is -4.80. The molecule has 3 N–H and O–H groups in total. The van der Waals surface area contributed by atoms with Gasteiger partial charge >= 0.3 is 5.97 Å². The van der Waals surface area contributed by atoms with Gasteiger partial charge in [-0.15, -0.1) is 11.6 Å². The summed E-state index contributed by atoms with van der Waals surface area (Å²) in [7, 11) is 3.08. The average Bonchev–Trinajstić information content (AvgIpc) is 3.78. The number of carbonyl (C=O) groups is 3. The molecule has 3 unspecified atom stereocenters. The number of ether oxygens (including phenoxy) is 1. The Morgan fingerprint density at radius 3 is 2.72 bits per heavy atom. The Labute approximate surface area is 250 Å². The number of hydrogen-bond donors (Lipinski definition) is 3. The molecule has 1 aliphatic carbocycles. The molecule has 43 heavy (non-hydrogen) atoms. The van der Waals surface area contributed by atoms with E-state index in [9.17, 15) is 19.5 Å². The van der Waals surface area contributed by atoms with E-state index >= 15 is 0 Å². The number of para-hydroxylation sites is 1. The Morgan fingerprint density at radius 2 is 1.95 bits per heavy atom. The fraction of sp³-hybridized carbons (Fsp3) is 0.219. The first kappa shape index (κ1) is 27.1. The molecule has 0 bridgehead atoms. The molecule has 0 radical (unpaired) electrons. The van der Waals surface area contributed by atoms with Crippen molar-refractivity contribution in [1.29, 1.82) is 0 Å². The Bertz CT molecular complexity index is 1950. The normalized spacial score (nSPS) is 19.3. The molecule has 2 aliphatic rings. The number of anilines is 1. The van der Waals surface area contributed by atoms with Crippen LogP contribution in [0.15, 0.2) is 77.0 Å². The van der Waals surface area contributed by atoms with E-state index in [4.69, 9.17) is 20.8 Å². The third-order valence-corrected chi connectivity index (χ3v) is 8.71. The van der Waals surface area contributed by atoms with E-state index in [1.54, 1.807) is 65.2 Å². The zero-order chi connectivity index (χ0) is 30.0. The number of aliphatic hydroxyl groups excluding tert-OH is 1. The number of fused-ring (bicyclic) bond motifs is 5. The molecule has 4 heterocycles. The van der Waals surface area contributed by atoms with Gasteiger partial charge in [0.2, 0.25) is 0 Å². The van der Waals surface area contributed by atoms with Gasteiger partial charge in [0, 0.05) is 65.2 Å². The minimum Gasteiger partial charge on any atom is -0.465 e. The van der Waals surface area contributed by atoms with Crippen LogP contribution in [0.1, 0.15) is 54.7 Å². The number of methoxy groups -OCH3 is 1. The Balaban J connectivity index is 1.17. The number of nitrogens with zero attached hydrogens (tertiary/aromatic N) is 2. The predicted molar refractivity (Wildman–Crippen MR) is 160 cm³/mol. The van der Waals surface area contributed by atoms with Gasteiger partial charge in [0.05, 0.1) is 18.4 Å². The van der Waals surface area contributed by atoms with Crippen molar-refractivity contribution in [2.24, 2.45) is 13.0 Å². The summed E-state index contributed by atoms with van der Waals surface area (Å²) < 4.78 is 12.4. The molecule has 0 saturated carbocycles. The van der Waals surface area contributed by atoms with E-state index in [0.717, 1.165) is 10.8 Å². The van der Waals surface area contributed by atoms with Crippen LogP contribution < -0.4 is 5.32 Å². The molecule has 1 fully saturated rings. The third-order valence-electron chi connectivity index (χ3n) is 8.31. The molecule has 10 nitrogen and oxygen atoms in total. The van der Waals surface area contributed by atoms with Crippen LogP contribution in [0.25, 0.3) is 21.9 Å². The monoisotopic (exact) mass is 598 g/mol. The van der Waals surface area contributed by atoms with Gasteiger partial charge in [-0.2, -0.15) is 0 Å². The standard InChI is InChI=1S/C32H27ClN4O6/c1-36-15-20(32(41)42-2)28-27-18(13-33)14-37(23(27)12-24(38)29(28)36)31(40)22-10-17-9-19(7-8-21(17)35-22)34-30(39)26-11-16-5-3-4-6-25(16)43-26/h3-12,15,18,24,27,35,38H,13-14H2,1-2H3,(H,34,39). The molecule has 1 aliphatic heterocycles. The molecule has 11 heteroatoms. The van der Waals surface area contributed by atoms with Crippen molar-refractivity contribution in [2.45, 2.75) is 12.0 Å². The van der Waals surface area contributed by atoms with Crippen molar-refractivity contribution in [3.8, 4) is 0 Å². The van der Waals surface area contributed by atoms with E-state index in [-0.39, 0.29) is 35.3 Å². The quantitative estimate of drug-likeness (QED) is 0.186. The summed E-state index contributed by atoms with van der Waals surface area (Å²) in [6.07, 6.45) is 2.29. The zero-order valence-corrected chi connectivity index (χ0v) is 24.0. The fourth-order valence-electron chi connectivity index (χ4n) is 6.40. The van der Waals surface area contributed by atoms with Crippen LogP contribution in [-0.4, -0.2) is 56.9 Å². The lowest BCUT2D eigenvalue weighted by atomic mass is 9.81. The molecule has 2 amide bonds. The summed E-state index contributed by atoms with van der Waals surface area (Å²) in [5.41, 5.74) is 4.40. The smallest absolute Gasteiger partial charge is 0.339 e. The van der Waals surface area contributed by atoms with Crippen LogP contribution in [0.5, 0.6) is 0 Å². The Kier molecular flexibility index (Phi) is 6.41. The number of aromatic nitrogens is 2. The van der Waals surface area contributed by atoms with Crippen molar-refractivity contribution in [3.05, 3.63) is 101 Å². The highest BCUT2D eigenvalue weighted by Gasteiger charge is 2.47. The van der Waals surface area contributed by atoms with Crippen molar-refractivity contribution >= 4 is 56.9 Å². The van der Waals surface area contributed by atoms with E-state index < -0.39 is 12.1 Å². The maximum absolute atomic E-state index is 13.9. The van der Waals surface area contributed by atoms with Gasteiger partial charge in [0.25, 0.3) is 11.8 Å². The van der Waals surface area contributed by atoms with Gasteiger partial charge in [0.1, 0.15) is 17.4 Å². The number of allylic oxidation sites excluding steroid dienone is 1. The lowest BCUT2D eigenvalue weighted by molar-refractivity contribution is 0.0598. The minimum absolute atomic E-state index is 0.182. The second kappa shape index (κ2) is 10.2. The van der Waals surface area contributed by atoms with Gasteiger partial charge in [-0.3, -0.25) is 9.59 Å².